The van der Waals surface area contributed by atoms with Gasteiger partial charge in [-0.25, -0.2) is 19.6 Å². The lowest BCUT2D eigenvalue weighted by atomic mass is 9.99. The summed E-state index contributed by atoms with van der Waals surface area (Å²) in [7, 11) is 0. The van der Waals surface area contributed by atoms with Gasteiger partial charge in [0, 0.05) is 47.4 Å². The maximum absolute atomic E-state index is 13.4. The first-order chi connectivity index (χ1) is 19.5. The largest absolute Gasteiger partial charge is 0.477 e. The third kappa shape index (κ3) is 5.93. The Morgan fingerprint density at radius 1 is 1.24 bits per heavy atom. The van der Waals surface area contributed by atoms with Gasteiger partial charge in [-0.15, -0.1) is 11.3 Å². The van der Waals surface area contributed by atoms with E-state index in [-0.39, 0.29) is 33.3 Å². The quantitative estimate of drug-likeness (QED) is 0.247. The van der Waals surface area contributed by atoms with Crippen LogP contribution in [0.5, 0.6) is 0 Å². The lowest BCUT2D eigenvalue weighted by Gasteiger charge is -2.17. The van der Waals surface area contributed by atoms with E-state index in [1.165, 1.54) is 24.5 Å². The number of aromatic nitrogens is 3. The number of alkyl halides is 3. The number of anilines is 1. The summed E-state index contributed by atoms with van der Waals surface area (Å²) >= 11 is 0.773. The number of nitrogens with zero attached hydrogens (tertiary/aromatic N) is 3. The number of amides is 2. The Morgan fingerprint density at radius 2 is 2.05 bits per heavy atom. The van der Waals surface area contributed by atoms with E-state index < -0.39 is 29.3 Å². The standard InChI is InChI=1S/C27H25F3N6O4S/c1-2-32-26(40)35-22-8-16(24-34-21(13-41-24)27(28,29)30)18(10-33-22)15-3-4-20-17(7-15)23(37)19(25(38)39)12-36(20)11-14-5-6-31-9-14/h3-4,7-8,10,12-14,31H,2,5-6,9,11H2,1H3,(H,38,39)(H2,32,33,35,40)/t14-/m0/s1. The van der Waals surface area contributed by atoms with Crippen molar-refractivity contribution in [1.29, 1.82) is 0 Å². The van der Waals surface area contributed by atoms with Crippen molar-refractivity contribution in [2.24, 2.45) is 5.92 Å². The molecular weight excluding hydrogens is 561 g/mol. The van der Waals surface area contributed by atoms with Crippen molar-refractivity contribution < 1.29 is 27.9 Å². The molecule has 0 radical (unpaired) electrons. The van der Waals surface area contributed by atoms with Gasteiger partial charge < -0.3 is 20.3 Å². The van der Waals surface area contributed by atoms with Gasteiger partial charge >= 0.3 is 18.2 Å². The number of hydrogen-bond acceptors (Lipinski definition) is 7. The number of carbonyl (C=O) groups is 2. The molecule has 2 amide bonds. The maximum Gasteiger partial charge on any atom is 0.434 e. The zero-order valence-electron chi connectivity index (χ0n) is 21.7. The van der Waals surface area contributed by atoms with Crippen LogP contribution in [0.15, 0.2) is 46.8 Å². The van der Waals surface area contributed by atoms with Gasteiger partial charge in [-0.1, -0.05) is 6.07 Å². The Balaban J connectivity index is 1.66. The molecule has 1 aromatic carbocycles. The summed E-state index contributed by atoms with van der Waals surface area (Å²) in [5.41, 5.74) is -0.563. The van der Waals surface area contributed by atoms with E-state index >= 15 is 0 Å². The molecule has 41 heavy (non-hydrogen) atoms. The number of thiazole rings is 1. The molecule has 1 atom stereocenters. The van der Waals surface area contributed by atoms with Crippen molar-refractivity contribution in [3.63, 3.8) is 0 Å². The number of hydrogen-bond donors (Lipinski definition) is 4. The average Bonchev–Trinajstić information content (AvgIpc) is 3.63. The van der Waals surface area contributed by atoms with Crippen molar-refractivity contribution in [3.05, 3.63) is 63.5 Å². The van der Waals surface area contributed by atoms with Gasteiger partial charge in [-0.3, -0.25) is 10.1 Å². The van der Waals surface area contributed by atoms with Gasteiger partial charge in [-0.2, -0.15) is 13.2 Å². The number of rotatable bonds is 7. The van der Waals surface area contributed by atoms with Crippen LogP contribution in [-0.2, 0) is 12.7 Å². The average molecular weight is 587 g/mol. The summed E-state index contributed by atoms with van der Waals surface area (Å²) in [5, 5.41) is 19.2. The smallest absolute Gasteiger partial charge is 0.434 e. The fraction of sp³-hybridized carbons (Fsp3) is 0.296. The molecular formula is C27H25F3N6O4S. The number of carboxylic acids is 1. The molecule has 0 saturated carbocycles. The number of benzene rings is 1. The normalized spacial score (nSPS) is 15.3. The van der Waals surface area contributed by atoms with Crippen LogP contribution >= 0.6 is 11.3 Å². The number of urea groups is 1. The monoisotopic (exact) mass is 586 g/mol. The number of halogens is 3. The third-order valence-corrected chi connectivity index (χ3v) is 7.62. The molecule has 1 fully saturated rings. The van der Waals surface area contributed by atoms with Gasteiger partial charge in [-0.05, 0) is 56.1 Å². The molecule has 0 unspecified atom stereocenters. The molecule has 0 spiro atoms. The summed E-state index contributed by atoms with van der Waals surface area (Å²) in [6, 6.07) is 5.77. The fourth-order valence-corrected chi connectivity index (χ4v) is 5.65. The van der Waals surface area contributed by atoms with E-state index in [0.717, 1.165) is 36.2 Å². The lowest BCUT2D eigenvalue weighted by molar-refractivity contribution is -0.140. The van der Waals surface area contributed by atoms with Crippen LogP contribution in [0.1, 0.15) is 29.4 Å². The van der Waals surface area contributed by atoms with Crippen LogP contribution in [-0.4, -0.2) is 51.3 Å². The van der Waals surface area contributed by atoms with Crippen molar-refractivity contribution in [3.8, 4) is 21.7 Å². The van der Waals surface area contributed by atoms with Crippen molar-refractivity contribution in [2.45, 2.75) is 26.1 Å². The SMILES string of the molecule is CCNC(=O)Nc1cc(-c2nc(C(F)(F)F)cs2)c(-c2ccc3c(c2)c(=O)c(C(=O)O)cn3C[C@H]2CCNC2)cn1. The summed E-state index contributed by atoms with van der Waals surface area (Å²) in [6.45, 7) is 4.21. The summed E-state index contributed by atoms with van der Waals surface area (Å²) in [4.78, 5) is 45.3. The molecule has 214 valence electrons. The Morgan fingerprint density at radius 3 is 2.71 bits per heavy atom. The van der Waals surface area contributed by atoms with E-state index in [2.05, 4.69) is 25.9 Å². The van der Waals surface area contributed by atoms with Gasteiger partial charge in [0.15, 0.2) is 5.69 Å². The highest BCUT2D eigenvalue weighted by Crippen LogP contribution is 2.39. The second kappa shape index (κ2) is 11.3. The Bertz CT molecular complexity index is 1690. The Kier molecular flexibility index (Phi) is 7.78. The van der Waals surface area contributed by atoms with Gasteiger partial charge in [0.05, 0.1) is 5.52 Å². The second-order valence-corrected chi connectivity index (χ2v) is 10.4. The summed E-state index contributed by atoms with van der Waals surface area (Å²) in [6.07, 6.45) is -1.02. The van der Waals surface area contributed by atoms with Crippen LogP contribution in [0.2, 0.25) is 0 Å². The van der Waals surface area contributed by atoms with Crippen LogP contribution in [0.25, 0.3) is 32.6 Å². The first-order valence-corrected chi connectivity index (χ1v) is 13.6. The van der Waals surface area contributed by atoms with E-state index in [0.29, 0.717) is 29.7 Å². The number of carbonyl (C=O) groups excluding carboxylic acids is 1. The molecule has 10 nitrogen and oxygen atoms in total. The molecule has 1 aliphatic heterocycles. The molecule has 4 heterocycles. The van der Waals surface area contributed by atoms with Crippen molar-refractivity contribution in [1.82, 2.24) is 25.2 Å². The van der Waals surface area contributed by atoms with Crippen molar-refractivity contribution in [2.75, 3.05) is 25.0 Å². The van der Waals surface area contributed by atoms with Crippen LogP contribution in [0.4, 0.5) is 23.8 Å². The third-order valence-electron chi connectivity index (χ3n) is 6.75. The first-order valence-electron chi connectivity index (χ1n) is 12.7. The second-order valence-electron chi connectivity index (χ2n) is 9.56. The highest BCUT2D eigenvalue weighted by atomic mass is 32.1. The fourth-order valence-electron chi connectivity index (χ4n) is 4.80. The zero-order valence-corrected chi connectivity index (χ0v) is 22.5. The topological polar surface area (TPSA) is 138 Å². The van der Waals surface area contributed by atoms with Crippen LogP contribution < -0.4 is 21.4 Å². The number of carboxylic acid groups (broad SMARTS) is 1. The van der Waals surface area contributed by atoms with E-state index in [1.807, 2.05) is 0 Å². The molecule has 5 rings (SSSR count). The molecule has 0 bridgehead atoms. The van der Waals surface area contributed by atoms with Gasteiger partial charge in [0.25, 0.3) is 0 Å². The number of nitrogens with one attached hydrogen (secondary N) is 3. The van der Waals surface area contributed by atoms with E-state index in [1.54, 1.807) is 23.6 Å². The predicted molar refractivity (Wildman–Crippen MR) is 148 cm³/mol. The molecule has 1 saturated heterocycles. The van der Waals surface area contributed by atoms with E-state index in [9.17, 15) is 32.7 Å². The highest BCUT2D eigenvalue weighted by molar-refractivity contribution is 7.13. The molecule has 4 N–H and O–H groups in total. The Labute approximate surface area is 235 Å². The van der Waals surface area contributed by atoms with Gasteiger partial charge in [0.2, 0.25) is 5.43 Å². The number of fused-ring (bicyclic) bond motifs is 1. The first kappa shape index (κ1) is 28.2. The molecule has 14 heteroatoms. The zero-order chi connectivity index (χ0) is 29.3. The number of aromatic carboxylic acids is 1. The van der Waals surface area contributed by atoms with Crippen LogP contribution in [0.3, 0.4) is 0 Å². The van der Waals surface area contributed by atoms with Crippen molar-refractivity contribution >= 4 is 40.1 Å². The predicted octanol–water partition coefficient (Wildman–Crippen LogP) is 4.65. The molecule has 4 aromatic rings. The minimum atomic E-state index is -4.65. The molecule has 1 aliphatic rings. The molecule has 0 aliphatic carbocycles. The maximum atomic E-state index is 13.4. The van der Waals surface area contributed by atoms with Crippen LogP contribution in [0, 0.1) is 5.92 Å². The summed E-state index contributed by atoms with van der Waals surface area (Å²) in [5.74, 6) is -1.01. The summed E-state index contributed by atoms with van der Waals surface area (Å²) < 4.78 is 41.8. The molecule has 3 aromatic heterocycles. The minimum absolute atomic E-state index is 0.0270. The number of pyridine rings is 2. The minimum Gasteiger partial charge on any atom is -0.477 e. The highest BCUT2D eigenvalue weighted by Gasteiger charge is 2.34. The lowest BCUT2D eigenvalue weighted by Crippen LogP contribution is -2.28. The van der Waals surface area contributed by atoms with E-state index in [4.69, 9.17) is 0 Å². The Hall–Kier alpha value is -4.30. The van der Waals surface area contributed by atoms with Gasteiger partial charge in [0.1, 0.15) is 16.4 Å².